The summed E-state index contributed by atoms with van der Waals surface area (Å²) in [5, 5.41) is 31.8. The van der Waals surface area contributed by atoms with Crippen LogP contribution in [-0.4, -0.2) is 168 Å². The number of rotatable bonds is 14. The van der Waals surface area contributed by atoms with E-state index in [0.29, 0.717) is 87.4 Å². The predicted molar refractivity (Wildman–Crippen MR) is 525 cm³/mol. The van der Waals surface area contributed by atoms with Crippen molar-refractivity contribution in [2.75, 3.05) is 125 Å². The Kier molecular flexibility index (Phi) is 27.3. The normalized spacial score (nSPS) is 15.9. The second kappa shape index (κ2) is 39.1. The van der Waals surface area contributed by atoms with Crippen molar-refractivity contribution in [2.45, 2.75) is 111 Å². The number of hydrogen-bond acceptors (Lipinski definition) is 26. The van der Waals surface area contributed by atoms with E-state index in [9.17, 15) is 0 Å². The van der Waals surface area contributed by atoms with Gasteiger partial charge in [0.2, 0.25) is 23.8 Å². The summed E-state index contributed by atoms with van der Waals surface area (Å²) in [6.45, 7) is 21.0. The molecule has 125 heavy (non-hydrogen) atoms. The Bertz CT molecular complexity index is 6090. The van der Waals surface area contributed by atoms with Crippen LogP contribution in [0, 0.1) is 33.6 Å². The average Bonchev–Trinajstić information content (AvgIpc) is 1.74. The number of nitrogens with two attached hydrogens (primary N) is 1. The van der Waals surface area contributed by atoms with Crippen LogP contribution in [-0.2, 0) is 32.1 Å². The van der Waals surface area contributed by atoms with Gasteiger partial charge in [0.05, 0.1) is 101 Å². The van der Waals surface area contributed by atoms with Crippen LogP contribution in [0.3, 0.4) is 0 Å². The van der Waals surface area contributed by atoms with E-state index in [-0.39, 0.29) is 0 Å². The summed E-state index contributed by atoms with van der Waals surface area (Å²) in [6, 6.07) is 38.6. The molecule has 4 aromatic carbocycles. The fraction of sp³-hybridized carbons (Fsp3) is 0.304. The highest BCUT2D eigenvalue weighted by Crippen LogP contribution is 2.41. The quantitative estimate of drug-likeness (QED) is 0.0452. The Morgan fingerprint density at radius 2 is 0.920 bits per heavy atom. The zero-order valence-corrected chi connectivity index (χ0v) is 76.2. The third-order valence-electron chi connectivity index (χ3n) is 23.2. The third kappa shape index (κ3) is 21.3. The Hall–Kier alpha value is -11.3. The lowest BCUT2D eigenvalue weighted by atomic mass is 9.93. The molecule has 0 saturated carbocycles. The van der Waals surface area contributed by atoms with Gasteiger partial charge in [-0.25, -0.2) is 49.8 Å². The summed E-state index contributed by atoms with van der Waals surface area (Å²) < 4.78 is 0. The van der Waals surface area contributed by atoms with Gasteiger partial charge in [-0.1, -0.05) is 103 Å². The van der Waals surface area contributed by atoms with Gasteiger partial charge in [0.15, 0.2) is 0 Å². The van der Waals surface area contributed by atoms with Crippen molar-refractivity contribution in [3.63, 3.8) is 0 Å². The Balaban J connectivity index is 0.000000124. The number of thiocarbonyl (C=S) groups is 4. The van der Waals surface area contributed by atoms with Gasteiger partial charge < -0.3 is 68.3 Å². The van der Waals surface area contributed by atoms with Crippen molar-refractivity contribution < 1.29 is 0 Å². The molecule has 0 aliphatic carbocycles. The van der Waals surface area contributed by atoms with E-state index in [4.69, 9.17) is 114 Å². The number of piperidine rings is 2. The minimum absolute atomic E-state index is 0.457. The van der Waals surface area contributed by atoms with E-state index < -0.39 is 0 Å². The smallest absolute Gasteiger partial charge is 0.227 e. The fourth-order valence-corrected chi connectivity index (χ4v) is 18.0. The van der Waals surface area contributed by atoms with Crippen molar-refractivity contribution in [1.29, 1.82) is 0 Å². The van der Waals surface area contributed by atoms with Gasteiger partial charge in [0.1, 0.15) is 11.6 Å². The number of anilines is 15. The lowest BCUT2D eigenvalue weighted by Gasteiger charge is -2.40. The van der Waals surface area contributed by atoms with Crippen LogP contribution in [0.1, 0.15) is 90.1 Å². The molecule has 1 atom stereocenters. The maximum atomic E-state index is 6.22. The Morgan fingerprint density at radius 1 is 0.456 bits per heavy atom. The lowest BCUT2D eigenvalue weighted by Crippen LogP contribution is -2.51. The highest BCUT2D eigenvalue weighted by molar-refractivity contribution is 7.81. The Morgan fingerprint density at radius 3 is 1.38 bits per heavy atom. The second-order valence-corrected chi connectivity index (χ2v) is 35.6. The number of aromatic nitrogens is 12. The van der Waals surface area contributed by atoms with Gasteiger partial charge >= 0.3 is 0 Å². The molecule has 0 radical (unpaired) electrons. The van der Waals surface area contributed by atoms with E-state index in [1.165, 1.54) is 18.4 Å². The Labute approximate surface area is 764 Å². The SMILES string of the molecule is CCN1CCN(c2cnc(C)c(Nc3ncc4c(n3)-c3ccc(Cl)cc3NC(=S)C4)c2)C[C@@H]1C.Cc1ccc2c(c1)NC(=S)Cc1cnc(Nc3ccc(CC4CCNCC4)nc3C)nc1-2.Cc1nc(N2CCC(N(C)C)CC2)ccc1Nc1ncc2c(n1)-c1ccc(Cl)cc1NC(=S)C2.Nc1ccc(Nc2ncc3c(n2)-c2ccc(Cl)cc2NC(=S)C3)cn1. The first-order valence-electron chi connectivity index (χ1n) is 41.9. The number of nitrogens with zero attached hydrogens (tertiary/aromatic N) is 16. The van der Waals surface area contributed by atoms with Crippen molar-refractivity contribution in [3.05, 3.63) is 218 Å². The molecule has 0 bridgehead atoms. The van der Waals surface area contributed by atoms with Crippen LogP contribution in [0.5, 0.6) is 0 Å². The summed E-state index contributed by atoms with van der Waals surface area (Å²) in [5.41, 5.74) is 30.2. The van der Waals surface area contributed by atoms with Gasteiger partial charge in [-0.05, 0) is 215 Å². The zero-order valence-electron chi connectivity index (χ0n) is 70.7. The maximum absolute atomic E-state index is 6.22. The zero-order chi connectivity index (χ0) is 87.1. The third-order valence-corrected chi connectivity index (χ3v) is 24.9. The maximum Gasteiger partial charge on any atom is 0.227 e. The van der Waals surface area contributed by atoms with Gasteiger partial charge in [-0.15, -0.1) is 0 Å². The number of fused-ring (bicyclic) bond motifs is 12. The topological polar surface area (TPSA) is 302 Å². The molecular weight excluding hydrogens is 1700 g/mol. The van der Waals surface area contributed by atoms with Gasteiger partial charge in [-0.3, -0.25) is 14.9 Å². The van der Waals surface area contributed by atoms with Gasteiger partial charge in [0, 0.05) is 183 Å². The molecule has 11 N–H and O–H groups in total. The standard InChI is InChI=1S/2C25H28ClN7S.C25H28N6S.C17H13ClN6S/c1-15-20(6-7-22(28-15)33-10-8-18(9-11-33)32(2)3)30-25-27-14-16-12-23(34)29-21-13-17(26)4-5-19(21)24(16)31-25;1-4-32-7-8-33(14-15(32)2)19-11-21(16(3)27-13-19)30-25-28-12-17-9-23(34)29-22-10-18(26)5-6-20(22)24(17)31-25;1-15-3-5-20-22(11-15)29-23(32)13-18-14-27-25(31-24(18)20)30-21-6-4-19(28-16(21)2)12-17-7-9-26-10-8-17;18-10-1-3-12-13(6-10)23-15(25)5-9-7-21-17(24-16(9)12)22-11-2-4-14(19)20-8-11/h4-7,13-14,18H,8-12H2,1-3H3,(H,29,34)(H,27,30,31);5-6,10-13,15H,4,7-9,14H2,1-3H3,(H,29,34)(H,28,30,31);3-6,11,14,17,26H,7-10,12-13H2,1-2H3,(H,29,32)(H,27,30,31);1-4,6-8H,5H2,(H2,19,20)(H,23,25)(H,21,22,24)/t;15-;;/m.0../s1. The van der Waals surface area contributed by atoms with Crippen LogP contribution >= 0.6 is 83.7 Å². The summed E-state index contributed by atoms with van der Waals surface area (Å²) in [6.07, 6.45) is 19.1. The first-order chi connectivity index (χ1) is 60.4. The minimum atomic E-state index is 0.457. The fourth-order valence-electron chi connectivity index (χ4n) is 16.4. The summed E-state index contributed by atoms with van der Waals surface area (Å²) in [5.74, 6) is 4.29. The minimum Gasteiger partial charge on any atom is -0.384 e. The highest BCUT2D eigenvalue weighted by atomic mass is 35.5. The summed E-state index contributed by atoms with van der Waals surface area (Å²) >= 11 is 40.4. The first-order valence-corrected chi connectivity index (χ1v) is 44.6. The van der Waals surface area contributed by atoms with Crippen LogP contribution in [0.15, 0.2) is 152 Å². The molecule has 15 heterocycles. The number of aryl methyl sites for hydroxylation is 4. The number of nitrogen functional groups attached to an aromatic ring is 1. The molecule has 3 fully saturated rings. The molecule has 33 heteroatoms. The number of nitrogens with one attached hydrogen (secondary N) is 9. The average molecular weight is 1800 g/mol. The summed E-state index contributed by atoms with van der Waals surface area (Å²) in [7, 11) is 4.32. The van der Waals surface area contributed by atoms with Gasteiger partial charge in [0.25, 0.3) is 0 Å². The summed E-state index contributed by atoms with van der Waals surface area (Å²) in [4.78, 5) is 68.3. The van der Waals surface area contributed by atoms with Gasteiger partial charge in [-0.2, -0.15) is 0 Å². The van der Waals surface area contributed by atoms with E-state index in [2.05, 4.69) is 186 Å². The number of piperazine rings is 1. The van der Waals surface area contributed by atoms with Crippen LogP contribution in [0.4, 0.5) is 86.6 Å². The lowest BCUT2D eigenvalue weighted by molar-refractivity contribution is 0.199. The predicted octanol–water partition coefficient (Wildman–Crippen LogP) is 18.7. The largest absolute Gasteiger partial charge is 0.384 e. The molecule has 0 unspecified atom stereocenters. The molecule has 640 valence electrons. The van der Waals surface area contributed by atoms with E-state index in [0.717, 1.165) is 240 Å². The van der Waals surface area contributed by atoms with E-state index >= 15 is 0 Å². The van der Waals surface area contributed by atoms with E-state index in [1.54, 1.807) is 18.5 Å². The second-order valence-electron chi connectivity index (χ2n) is 32.3. The van der Waals surface area contributed by atoms with Crippen molar-refractivity contribution >= 4 is 190 Å². The van der Waals surface area contributed by atoms with Crippen molar-refractivity contribution in [2.24, 2.45) is 5.92 Å². The molecule has 26 nitrogen and oxygen atoms in total. The highest BCUT2D eigenvalue weighted by Gasteiger charge is 2.29. The number of benzene rings is 4. The molecule has 7 aliphatic rings. The first kappa shape index (κ1) is 87.2. The number of halogens is 3. The monoisotopic (exact) mass is 1800 g/mol. The molecule has 19 rings (SSSR count). The molecule has 8 aromatic heterocycles. The molecule has 3 saturated heterocycles. The van der Waals surface area contributed by atoms with Crippen LogP contribution < -0.4 is 63.4 Å². The molecule has 0 amide bonds. The molecular formula is C92H97Cl3N26S4. The number of hydrogen-bond donors (Lipinski definition) is 10. The molecule has 0 spiro atoms. The van der Waals surface area contributed by atoms with Crippen LogP contribution in [0.25, 0.3) is 45.0 Å². The van der Waals surface area contributed by atoms with Crippen molar-refractivity contribution in [3.8, 4) is 45.0 Å². The number of pyridine rings is 4. The molecule has 7 aliphatic heterocycles. The van der Waals surface area contributed by atoms with E-state index in [1.807, 2.05) is 106 Å². The van der Waals surface area contributed by atoms with Crippen LogP contribution in [0.2, 0.25) is 15.1 Å². The molecule has 12 aromatic rings. The van der Waals surface area contributed by atoms with Crippen molar-refractivity contribution in [1.82, 2.24) is 74.9 Å². The number of likely N-dealkylation sites (N-methyl/N-ethyl adjacent to an activating group) is 1.